The van der Waals surface area contributed by atoms with Gasteiger partial charge in [-0.25, -0.2) is 0 Å². The zero-order chi connectivity index (χ0) is 12.3. The Morgan fingerprint density at radius 1 is 1.29 bits per heavy atom. The van der Waals surface area contributed by atoms with E-state index in [9.17, 15) is 0 Å². The summed E-state index contributed by atoms with van der Waals surface area (Å²) in [5.74, 6) is 1.87. The van der Waals surface area contributed by atoms with Crippen molar-refractivity contribution in [3.63, 3.8) is 0 Å². The van der Waals surface area contributed by atoms with Crippen LogP contribution in [-0.4, -0.2) is 26.6 Å². The Labute approximate surface area is 107 Å². The van der Waals surface area contributed by atoms with E-state index in [2.05, 4.69) is 21.7 Å². The molecular formula is C12H22N4S. The lowest BCUT2D eigenvalue weighted by atomic mass is 9.91. The lowest BCUT2D eigenvalue weighted by molar-refractivity contribution is 0.392. The van der Waals surface area contributed by atoms with Crippen LogP contribution in [0.5, 0.6) is 0 Å². The zero-order valence-electron chi connectivity index (χ0n) is 10.7. The van der Waals surface area contributed by atoms with Gasteiger partial charge in [0.05, 0.1) is 0 Å². The van der Waals surface area contributed by atoms with E-state index in [-0.39, 0.29) is 0 Å². The number of hydrogen-bond donors (Lipinski definition) is 1. The highest BCUT2D eigenvalue weighted by molar-refractivity contribution is 7.99. The van der Waals surface area contributed by atoms with E-state index in [1.165, 1.54) is 25.7 Å². The molecule has 0 saturated heterocycles. The van der Waals surface area contributed by atoms with Gasteiger partial charge in [0, 0.05) is 18.3 Å². The minimum atomic E-state index is 0.647. The highest BCUT2D eigenvalue weighted by Crippen LogP contribution is 2.35. The van der Waals surface area contributed by atoms with Crippen molar-refractivity contribution in [2.24, 2.45) is 11.7 Å². The van der Waals surface area contributed by atoms with E-state index >= 15 is 0 Å². The number of aryl methyl sites for hydroxylation is 1. The molecule has 0 bridgehead atoms. The number of nitrogens with two attached hydrogens (primary N) is 1. The summed E-state index contributed by atoms with van der Waals surface area (Å²) in [5, 5.41) is 10.2. The average molecular weight is 254 g/mol. The van der Waals surface area contributed by atoms with Gasteiger partial charge < -0.3 is 10.3 Å². The van der Waals surface area contributed by atoms with Crippen LogP contribution in [0.3, 0.4) is 0 Å². The molecular weight excluding hydrogens is 232 g/mol. The summed E-state index contributed by atoms with van der Waals surface area (Å²) in [6, 6.07) is 0. The summed E-state index contributed by atoms with van der Waals surface area (Å²) in [5.41, 5.74) is 5.62. The van der Waals surface area contributed by atoms with E-state index in [0.717, 1.165) is 23.4 Å². The van der Waals surface area contributed by atoms with Crippen molar-refractivity contribution in [2.45, 2.75) is 56.5 Å². The Morgan fingerprint density at radius 2 is 2.00 bits per heavy atom. The number of rotatable bonds is 4. The first-order valence-electron chi connectivity index (χ1n) is 6.47. The van der Waals surface area contributed by atoms with Gasteiger partial charge in [0.2, 0.25) is 0 Å². The summed E-state index contributed by atoms with van der Waals surface area (Å²) >= 11 is 1.89. The Kier molecular flexibility index (Phi) is 4.45. The Morgan fingerprint density at radius 3 is 2.65 bits per heavy atom. The van der Waals surface area contributed by atoms with Crippen LogP contribution in [0.1, 0.15) is 38.4 Å². The van der Waals surface area contributed by atoms with Gasteiger partial charge in [0.25, 0.3) is 0 Å². The maximum absolute atomic E-state index is 5.62. The summed E-state index contributed by atoms with van der Waals surface area (Å²) in [6.07, 6.45) is 5.31. The molecule has 17 heavy (non-hydrogen) atoms. The minimum Gasteiger partial charge on any atom is -0.329 e. The van der Waals surface area contributed by atoms with Crippen molar-refractivity contribution < 1.29 is 0 Å². The summed E-state index contributed by atoms with van der Waals surface area (Å²) in [6.45, 7) is 5.82. The van der Waals surface area contributed by atoms with Crippen LogP contribution >= 0.6 is 11.8 Å². The van der Waals surface area contributed by atoms with Crippen LogP contribution in [0, 0.1) is 12.8 Å². The topological polar surface area (TPSA) is 56.7 Å². The van der Waals surface area contributed by atoms with Crippen LogP contribution in [0.15, 0.2) is 5.16 Å². The second kappa shape index (κ2) is 5.87. The molecule has 1 aliphatic carbocycles. The van der Waals surface area contributed by atoms with Gasteiger partial charge in [-0.2, -0.15) is 0 Å². The largest absolute Gasteiger partial charge is 0.329 e. The Hall–Kier alpha value is -0.550. The molecule has 1 fully saturated rings. The molecule has 0 atom stereocenters. The number of nitrogens with zero attached hydrogens (tertiary/aromatic N) is 3. The highest BCUT2D eigenvalue weighted by Gasteiger charge is 2.21. The fraction of sp³-hybridized carbons (Fsp3) is 0.833. The number of hydrogen-bond acceptors (Lipinski definition) is 4. The first kappa shape index (κ1) is 12.9. The summed E-state index contributed by atoms with van der Waals surface area (Å²) in [7, 11) is 0. The van der Waals surface area contributed by atoms with Gasteiger partial charge in [-0.05, 0) is 38.5 Å². The zero-order valence-corrected chi connectivity index (χ0v) is 11.5. The van der Waals surface area contributed by atoms with Crippen LogP contribution in [0.4, 0.5) is 0 Å². The molecule has 0 amide bonds. The lowest BCUT2D eigenvalue weighted by Crippen LogP contribution is -2.16. The van der Waals surface area contributed by atoms with Crippen molar-refractivity contribution >= 4 is 11.8 Å². The maximum atomic E-state index is 5.62. The molecule has 1 aromatic heterocycles. The SMILES string of the molecule is Cc1nnc(SC2CCC(C)CC2)n1CCN. The molecule has 1 aromatic rings. The smallest absolute Gasteiger partial charge is 0.191 e. The third-order valence-electron chi connectivity index (χ3n) is 3.49. The van der Waals surface area contributed by atoms with Gasteiger partial charge >= 0.3 is 0 Å². The quantitative estimate of drug-likeness (QED) is 0.895. The predicted molar refractivity (Wildman–Crippen MR) is 71.1 cm³/mol. The molecule has 5 heteroatoms. The third kappa shape index (κ3) is 3.22. The fourth-order valence-electron chi connectivity index (χ4n) is 2.33. The van der Waals surface area contributed by atoms with E-state index in [1.807, 2.05) is 18.7 Å². The number of thioether (sulfide) groups is 1. The highest BCUT2D eigenvalue weighted by atomic mass is 32.2. The van der Waals surface area contributed by atoms with Crippen molar-refractivity contribution in [1.82, 2.24) is 14.8 Å². The molecule has 1 heterocycles. The van der Waals surface area contributed by atoms with Crippen LogP contribution in [0.2, 0.25) is 0 Å². The van der Waals surface area contributed by atoms with Crippen molar-refractivity contribution in [2.75, 3.05) is 6.54 Å². The first-order valence-corrected chi connectivity index (χ1v) is 7.35. The molecule has 2 N–H and O–H groups in total. The van der Waals surface area contributed by atoms with Gasteiger partial charge in [-0.3, -0.25) is 0 Å². The molecule has 0 aliphatic heterocycles. The standard InChI is InChI=1S/C12H22N4S/c1-9-3-5-11(6-4-9)17-12-15-14-10(2)16(12)8-7-13/h9,11H,3-8,13H2,1-2H3. The minimum absolute atomic E-state index is 0.647. The third-order valence-corrected chi connectivity index (χ3v) is 4.81. The summed E-state index contributed by atoms with van der Waals surface area (Å²) < 4.78 is 2.14. The lowest BCUT2D eigenvalue weighted by Gasteiger charge is -2.25. The Bertz CT molecular complexity index is 355. The molecule has 0 unspecified atom stereocenters. The van der Waals surface area contributed by atoms with Crippen molar-refractivity contribution in [1.29, 1.82) is 0 Å². The molecule has 1 saturated carbocycles. The molecule has 2 rings (SSSR count). The molecule has 0 aromatic carbocycles. The van der Waals surface area contributed by atoms with Gasteiger partial charge in [0.15, 0.2) is 5.16 Å². The second-order valence-electron chi connectivity index (χ2n) is 4.97. The number of aromatic nitrogens is 3. The molecule has 0 spiro atoms. The normalized spacial score (nSPS) is 25.1. The van der Waals surface area contributed by atoms with Gasteiger partial charge in [-0.15, -0.1) is 10.2 Å². The Balaban J connectivity index is 1.98. The average Bonchev–Trinajstić information content (AvgIpc) is 2.65. The van der Waals surface area contributed by atoms with Crippen LogP contribution in [-0.2, 0) is 6.54 Å². The molecule has 4 nitrogen and oxygen atoms in total. The van der Waals surface area contributed by atoms with E-state index in [1.54, 1.807) is 0 Å². The second-order valence-corrected chi connectivity index (χ2v) is 6.24. The first-order chi connectivity index (χ1) is 8.20. The van der Waals surface area contributed by atoms with E-state index in [0.29, 0.717) is 11.8 Å². The monoisotopic (exact) mass is 254 g/mol. The van der Waals surface area contributed by atoms with Crippen LogP contribution in [0.25, 0.3) is 0 Å². The molecule has 96 valence electrons. The molecule has 1 aliphatic rings. The van der Waals surface area contributed by atoms with Gasteiger partial charge in [0.1, 0.15) is 5.82 Å². The van der Waals surface area contributed by atoms with Crippen molar-refractivity contribution in [3.05, 3.63) is 5.82 Å². The predicted octanol–water partition coefficient (Wildman–Crippen LogP) is 2.22. The van der Waals surface area contributed by atoms with E-state index < -0.39 is 0 Å². The van der Waals surface area contributed by atoms with E-state index in [4.69, 9.17) is 5.73 Å². The van der Waals surface area contributed by atoms with Gasteiger partial charge in [-0.1, -0.05) is 18.7 Å². The van der Waals surface area contributed by atoms with Crippen LogP contribution < -0.4 is 5.73 Å². The maximum Gasteiger partial charge on any atom is 0.191 e. The fourth-order valence-corrected chi connectivity index (χ4v) is 3.58. The van der Waals surface area contributed by atoms with Crippen molar-refractivity contribution in [3.8, 4) is 0 Å². The molecule has 0 radical (unpaired) electrons. The summed E-state index contributed by atoms with van der Waals surface area (Å²) in [4.78, 5) is 0.